The minimum absolute atomic E-state index is 0.0239. The Labute approximate surface area is 104 Å². The fraction of sp³-hybridized carbons (Fsp3) is 0.500. The van der Waals surface area contributed by atoms with Gasteiger partial charge in [-0.1, -0.05) is 12.1 Å². The highest BCUT2D eigenvalue weighted by Gasteiger charge is 2.27. The molecular weight excluding hydrogens is 247 g/mol. The van der Waals surface area contributed by atoms with Crippen LogP contribution in [0.1, 0.15) is 12.0 Å². The van der Waals surface area contributed by atoms with Gasteiger partial charge in [-0.2, -0.15) is 13.2 Å². The standard InChI is InChI=1S/C12H16F3NO2/c13-12(14,15)9-17-5-2-6-18-11-4-1-3-10(7-11)8-16/h1,3-4,7H,2,5-6,8-9,16H2. The molecular formula is C12H16F3NO2. The average Bonchev–Trinajstić information content (AvgIpc) is 2.32. The Morgan fingerprint density at radius 2 is 1.94 bits per heavy atom. The summed E-state index contributed by atoms with van der Waals surface area (Å²) in [6.45, 7) is -0.455. The van der Waals surface area contributed by atoms with Gasteiger partial charge in [0.2, 0.25) is 0 Å². The molecule has 1 aromatic carbocycles. The highest BCUT2D eigenvalue weighted by atomic mass is 19.4. The zero-order valence-corrected chi connectivity index (χ0v) is 9.87. The highest BCUT2D eigenvalue weighted by molar-refractivity contribution is 5.28. The van der Waals surface area contributed by atoms with Crippen molar-refractivity contribution in [2.75, 3.05) is 19.8 Å². The minimum atomic E-state index is -4.27. The van der Waals surface area contributed by atoms with Crippen LogP contribution in [-0.2, 0) is 11.3 Å². The van der Waals surface area contributed by atoms with Gasteiger partial charge in [-0.05, 0) is 17.7 Å². The molecule has 0 aromatic heterocycles. The summed E-state index contributed by atoms with van der Waals surface area (Å²) >= 11 is 0. The lowest BCUT2D eigenvalue weighted by molar-refractivity contribution is -0.174. The number of alkyl halides is 3. The molecule has 6 heteroatoms. The van der Waals surface area contributed by atoms with Crippen LogP contribution in [0.5, 0.6) is 5.75 Å². The maximum Gasteiger partial charge on any atom is 0.411 e. The normalized spacial score (nSPS) is 11.6. The second-order valence-electron chi connectivity index (χ2n) is 3.72. The van der Waals surface area contributed by atoms with Gasteiger partial charge in [0, 0.05) is 13.0 Å². The molecule has 1 rings (SSSR count). The third-order valence-electron chi connectivity index (χ3n) is 2.10. The lowest BCUT2D eigenvalue weighted by Gasteiger charge is -2.09. The largest absolute Gasteiger partial charge is 0.493 e. The number of benzene rings is 1. The average molecular weight is 263 g/mol. The van der Waals surface area contributed by atoms with Gasteiger partial charge < -0.3 is 15.2 Å². The van der Waals surface area contributed by atoms with Crippen LogP contribution in [-0.4, -0.2) is 26.0 Å². The van der Waals surface area contributed by atoms with E-state index in [9.17, 15) is 13.2 Å². The number of halogens is 3. The molecule has 0 fully saturated rings. The second kappa shape index (κ2) is 7.23. The number of rotatable bonds is 7. The molecule has 3 nitrogen and oxygen atoms in total. The molecule has 0 saturated carbocycles. The highest BCUT2D eigenvalue weighted by Crippen LogP contribution is 2.15. The summed E-state index contributed by atoms with van der Waals surface area (Å²) in [5.41, 5.74) is 6.42. The van der Waals surface area contributed by atoms with Crippen molar-refractivity contribution < 1.29 is 22.6 Å². The summed E-state index contributed by atoms with van der Waals surface area (Å²) in [6, 6.07) is 7.27. The van der Waals surface area contributed by atoms with Gasteiger partial charge in [0.1, 0.15) is 12.4 Å². The van der Waals surface area contributed by atoms with E-state index in [2.05, 4.69) is 4.74 Å². The molecule has 0 heterocycles. The zero-order chi connectivity index (χ0) is 13.4. The quantitative estimate of drug-likeness (QED) is 0.769. The number of ether oxygens (including phenoxy) is 2. The summed E-state index contributed by atoms with van der Waals surface area (Å²) in [5.74, 6) is 0.661. The summed E-state index contributed by atoms with van der Waals surface area (Å²) in [7, 11) is 0. The van der Waals surface area contributed by atoms with Crippen LogP contribution in [0.15, 0.2) is 24.3 Å². The van der Waals surface area contributed by atoms with Crippen LogP contribution in [0.25, 0.3) is 0 Å². The van der Waals surface area contributed by atoms with E-state index in [1.165, 1.54) is 0 Å². The van der Waals surface area contributed by atoms with Crippen molar-refractivity contribution in [1.82, 2.24) is 0 Å². The zero-order valence-electron chi connectivity index (χ0n) is 9.87. The molecule has 0 saturated heterocycles. The van der Waals surface area contributed by atoms with Crippen molar-refractivity contribution in [2.24, 2.45) is 5.73 Å². The number of nitrogens with two attached hydrogens (primary N) is 1. The Bertz CT molecular complexity index is 355. The number of hydrogen-bond acceptors (Lipinski definition) is 3. The predicted molar refractivity (Wildman–Crippen MR) is 61.3 cm³/mol. The monoisotopic (exact) mass is 263 g/mol. The SMILES string of the molecule is NCc1cccc(OCCCOCC(F)(F)F)c1. The Morgan fingerprint density at radius 1 is 1.17 bits per heavy atom. The van der Waals surface area contributed by atoms with Crippen molar-refractivity contribution in [3.05, 3.63) is 29.8 Å². The van der Waals surface area contributed by atoms with E-state index in [-0.39, 0.29) is 6.61 Å². The van der Waals surface area contributed by atoms with Gasteiger partial charge in [0.05, 0.1) is 13.2 Å². The van der Waals surface area contributed by atoms with E-state index in [4.69, 9.17) is 10.5 Å². The van der Waals surface area contributed by atoms with Gasteiger partial charge in [-0.3, -0.25) is 0 Å². The summed E-state index contributed by atoms with van der Waals surface area (Å²) in [6.07, 6.45) is -3.86. The fourth-order valence-corrected chi connectivity index (χ4v) is 1.30. The van der Waals surface area contributed by atoms with E-state index in [0.29, 0.717) is 25.3 Å². The van der Waals surface area contributed by atoms with Crippen molar-refractivity contribution in [3.8, 4) is 5.75 Å². The van der Waals surface area contributed by atoms with Crippen LogP contribution < -0.4 is 10.5 Å². The number of hydrogen-bond donors (Lipinski definition) is 1. The lowest BCUT2D eigenvalue weighted by atomic mass is 10.2. The van der Waals surface area contributed by atoms with E-state index >= 15 is 0 Å². The summed E-state index contributed by atoms with van der Waals surface area (Å²) in [4.78, 5) is 0. The molecule has 102 valence electrons. The van der Waals surface area contributed by atoms with Crippen LogP contribution >= 0.6 is 0 Å². The molecule has 0 atom stereocenters. The first-order valence-corrected chi connectivity index (χ1v) is 5.57. The summed E-state index contributed by atoms with van der Waals surface area (Å²) in [5, 5.41) is 0. The van der Waals surface area contributed by atoms with Crippen LogP contribution in [0.3, 0.4) is 0 Å². The van der Waals surface area contributed by atoms with Gasteiger partial charge >= 0.3 is 6.18 Å². The molecule has 1 aromatic rings. The maximum absolute atomic E-state index is 11.7. The predicted octanol–water partition coefficient (Wildman–Crippen LogP) is 2.49. The van der Waals surface area contributed by atoms with E-state index < -0.39 is 12.8 Å². The molecule has 0 aliphatic rings. The van der Waals surface area contributed by atoms with E-state index in [0.717, 1.165) is 5.56 Å². The van der Waals surface area contributed by atoms with Gasteiger partial charge in [-0.15, -0.1) is 0 Å². The first kappa shape index (κ1) is 14.8. The van der Waals surface area contributed by atoms with Crippen molar-refractivity contribution >= 4 is 0 Å². The first-order chi connectivity index (χ1) is 8.51. The smallest absolute Gasteiger partial charge is 0.411 e. The third kappa shape index (κ3) is 6.46. The Balaban J connectivity index is 2.14. The molecule has 18 heavy (non-hydrogen) atoms. The molecule has 0 aliphatic heterocycles. The van der Waals surface area contributed by atoms with Crippen LogP contribution in [0.4, 0.5) is 13.2 Å². The lowest BCUT2D eigenvalue weighted by Crippen LogP contribution is -2.18. The minimum Gasteiger partial charge on any atom is -0.493 e. The molecule has 2 N–H and O–H groups in total. The van der Waals surface area contributed by atoms with Crippen molar-refractivity contribution in [3.63, 3.8) is 0 Å². The molecule has 0 bridgehead atoms. The van der Waals surface area contributed by atoms with Gasteiger partial charge in [0.25, 0.3) is 0 Å². The first-order valence-electron chi connectivity index (χ1n) is 5.57. The van der Waals surface area contributed by atoms with Crippen molar-refractivity contribution in [2.45, 2.75) is 19.1 Å². The van der Waals surface area contributed by atoms with E-state index in [1.807, 2.05) is 12.1 Å². The fourth-order valence-electron chi connectivity index (χ4n) is 1.30. The molecule has 0 radical (unpaired) electrons. The van der Waals surface area contributed by atoms with E-state index in [1.54, 1.807) is 12.1 Å². The third-order valence-corrected chi connectivity index (χ3v) is 2.10. The molecule has 0 unspecified atom stereocenters. The second-order valence-corrected chi connectivity index (χ2v) is 3.72. The molecule has 0 amide bonds. The Kier molecular flexibility index (Phi) is 5.94. The Hall–Kier alpha value is -1.27. The summed E-state index contributed by atoms with van der Waals surface area (Å²) < 4.78 is 45.1. The van der Waals surface area contributed by atoms with Crippen LogP contribution in [0.2, 0.25) is 0 Å². The van der Waals surface area contributed by atoms with Crippen molar-refractivity contribution in [1.29, 1.82) is 0 Å². The molecule has 0 aliphatic carbocycles. The van der Waals surface area contributed by atoms with Gasteiger partial charge in [0.15, 0.2) is 0 Å². The molecule has 0 spiro atoms. The van der Waals surface area contributed by atoms with Gasteiger partial charge in [-0.25, -0.2) is 0 Å². The topological polar surface area (TPSA) is 44.5 Å². The maximum atomic E-state index is 11.7. The van der Waals surface area contributed by atoms with Crippen LogP contribution in [0, 0.1) is 0 Å². The Morgan fingerprint density at radius 3 is 2.61 bits per heavy atom.